The first-order chi connectivity index (χ1) is 6.71. The molecule has 1 aliphatic carbocycles. The Morgan fingerprint density at radius 1 is 1.14 bits per heavy atom. The highest BCUT2D eigenvalue weighted by Crippen LogP contribution is 2.40. The summed E-state index contributed by atoms with van der Waals surface area (Å²) < 4.78 is 14.4. The lowest BCUT2D eigenvalue weighted by molar-refractivity contribution is 0.0312. The van der Waals surface area contributed by atoms with Crippen molar-refractivity contribution in [2.45, 2.75) is 37.5 Å². The Morgan fingerprint density at radius 2 is 1.71 bits per heavy atom. The summed E-state index contributed by atoms with van der Waals surface area (Å²) in [5, 5.41) is 9.32. The van der Waals surface area contributed by atoms with Crippen LogP contribution in [0.1, 0.15) is 31.2 Å². The molecule has 1 aromatic carbocycles. The molecule has 1 fully saturated rings. The van der Waals surface area contributed by atoms with Gasteiger partial charge in [-0.05, 0) is 31.2 Å². The van der Waals surface area contributed by atoms with Crippen LogP contribution in [0.5, 0.6) is 0 Å². The Morgan fingerprint density at radius 3 is 2.29 bits per heavy atom. The van der Waals surface area contributed by atoms with Gasteiger partial charge in [-0.3, -0.25) is 0 Å². The van der Waals surface area contributed by atoms with Crippen molar-refractivity contribution in [3.63, 3.8) is 0 Å². The van der Waals surface area contributed by atoms with Gasteiger partial charge in [-0.15, -0.1) is 0 Å². The molecular weight excluding hydrogens is 179 g/mol. The van der Waals surface area contributed by atoms with Crippen molar-refractivity contribution in [3.05, 3.63) is 35.9 Å². The first kappa shape index (κ1) is 9.66. The fourth-order valence-corrected chi connectivity index (χ4v) is 2.09. The minimum Gasteiger partial charge on any atom is -0.393 e. The number of aliphatic hydroxyl groups excluding tert-OH is 1. The molecule has 0 bridgehead atoms. The van der Waals surface area contributed by atoms with Gasteiger partial charge in [0.05, 0.1) is 6.10 Å². The van der Waals surface area contributed by atoms with Crippen molar-refractivity contribution in [1.82, 2.24) is 0 Å². The zero-order valence-corrected chi connectivity index (χ0v) is 8.12. The Balaban J connectivity index is 2.17. The Labute approximate surface area is 83.6 Å². The molecule has 1 saturated carbocycles. The topological polar surface area (TPSA) is 20.2 Å². The number of rotatable bonds is 1. The summed E-state index contributed by atoms with van der Waals surface area (Å²) in [6, 6.07) is 9.28. The van der Waals surface area contributed by atoms with E-state index in [-0.39, 0.29) is 6.10 Å². The second kappa shape index (κ2) is 3.70. The predicted molar refractivity (Wildman–Crippen MR) is 53.7 cm³/mol. The maximum atomic E-state index is 14.4. The molecule has 1 aliphatic rings. The van der Waals surface area contributed by atoms with Gasteiger partial charge in [0.15, 0.2) is 0 Å². The van der Waals surface area contributed by atoms with Crippen molar-refractivity contribution in [2.24, 2.45) is 0 Å². The van der Waals surface area contributed by atoms with E-state index in [1.165, 1.54) is 0 Å². The van der Waals surface area contributed by atoms with E-state index in [1.54, 1.807) is 0 Å². The standard InChI is InChI=1S/C12H15FO/c13-12(8-6-11(14)7-9-12)10-4-2-1-3-5-10/h1-5,11,14H,6-9H2. The monoisotopic (exact) mass is 194 g/mol. The predicted octanol–water partition coefficient (Wildman–Crippen LogP) is 2.79. The lowest BCUT2D eigenvalue weighted by atomic mass is 9.80. The number of alkyl halides is 1. The smallest absolute Gasteiger partial charge is 0.136 e. The molecule has 0 amide bonds. The van der Waals surface area contributed by atoms with E-state index in [2.05, 4.69) is 0 Å². The summed E-state index contributed by atoms with van der Waals surface area (Å²) in [7, 11) is 0. The summed E-state index contributed by atoms with van der Waals surface area (Å²) >= 11 is 0. The van der Waals surface area contributed by atoms with Crippen LogP contribution in [-0.2, 0) is 5.67 Å². The maximum absolute atomic E-state index is 14.4. The van der Waals surface area contributed by atoms with E-state index in [1.807, 2.05) is 30.3 Å². The first-order valence-corrected chi connectivity index (χ1v) is 5.13. The van der Waals surface area contributed by atoms with Crippen LogP contribution in [-0.4, -0.2) is 11.2 Å². The van der Waals surface area contributed by atoms with Crippen LogP contribution in [0.25, 0.3) is 0 Å². The van der Waals surface area contributed by atoms with Crippen LogP contribution in [0, 0.1) is 0 Å². The Bertz CT molecular complexity index is 288. The molecule has 1 aromatic rings. The van der Waals surface area contributed by atoms with Gasteiger partial charge >= 0.3 is 0 Å². The summed E-state index contributed by atoms with van der Waals surface area (Å²) in [5.41, 5.74) is -0.451. The first-order valence-electron chi connectivity index (χ1n) is 5.13. The van der Waals surface area contributed by atoms with Crippen molar-refractivity contribution in [2.75, 3.05) is 0 Å². The number of hydrogen-bond acceptors (Lipinski definition) is 1. The molecule has 2 rings (SSSR count). The maximum Gasteiger partial charge on any atom is 0.136 e. The van der Waals surface area contributed by atoms with Gasteiger partial charge < -0.3 is 5.11 Å². The molecule has 2 heteroatoms. The summed E-state index contributed by atoms with van der Waals surface area (Å²) in [6.45, 7) is 0. The average molecular weight is 194 g/mol. The third-order valence-electron chi connectivity index (χ3n) is 3.04. The number of benzene rings is 1. The molecule has 14 heavy (non-hydrogen) atoms. The van der Waals surface area contributed by atoms with Crippen LogP contribution in [0.2, 0.25) is 0 Å². The number of halogens is 1. The van der Waals surface area contributed by atoms with Crippen LogP contribution in [0.4, 0.5) is 4.39 Å². The van der Waals surface area contributed by atoms with Gasteiger partial charge in [-0.1, -0.05) is 30.3 Å². The molecule has 0 aromatic heterocycles. The molecule has 0 saturated heterocycles. The Kier molecular flexibility index (Phi) is 2.55. The zero-order chi connectivity index (χ0) is 10.0. The average Bonchev–Trinajstić information content (AvgIpc) is 2.24. The van der Waals surface area contributed by atoms with Crippen LogP contribution in [0.3, 0.4) is 0 Å². The highest BCUT2D eigenvalue weighted by atomic mass is 19.1. The fraction of sp³-hybridized carbons (Fsp3) is 0.500. The number of hydrogen-bond donors (Lipinski definition) is 1. The highest BCUT2D eigenvalue weighted by molar-refractivity contribution is 5.23. The van der Waals surface area contributed by atoms with Crippen LogP contribution in [0.15, 0.2) is 30.3 Å². The van der Waals surface area contributed by atoms with Gasteiger partial charge in [0.25, 0.3) is 0 Å². The van der Waals surface area contributed by atoms with E-state index >= 15 is 0 Å². The van der Waals surface area contributed by atoms with Gasteiger partial charge in [0.2, 0.25) is 0 Å². The van der Waals surface area contributed by atoms with E-state index in [4.69, 9.17) is 0 Å². The van der Waals surface area contributed by atoms with Gasteiger partial charge in [0, 0.05) is 0 Å². The van der Waals surface area contributed by atoms with Crippen molar-refractivity contribution in [1.29, 1.82) is 0 Å². The van der Waals surface area contributed by atoms with E-state index < -0.39 is 5.67 Å². The highest BCUT2D eigenvalue weighted by Gasteiger charge is 2.36. The largest absolute Gasteiger partial charge is 0.393 e. The van der Waals surface area contributed by atoms with E-state index in [9.17, 15) is 9.50 Å². The quantitative estimate of drug-likeness (QED) is 0.728. The normalized spacial score (nSPS) is 32.9. The summed E-state index contributed by atoms with van der Waals surface area (Å²) in [6.07, 6.45) is 1.73. The molecule has 0 unspecified atom stereocenters. The molecule has 0 atom stereocenters. The molecule has 0 radical (unpaired) electrons. The van der Waals surface area contributed by atoms with Crippen molar-refractivity contribution >= 4 is 0 Å². The summed E-state index contributed by atoms with van der Waals surface area (Å²) in [4.78, 5) is 0. The molecular formula is C12H15FO. The number of aliphatic hydroxyl groups is 1. The summed E-state index contributed by atoms with van der Waals surface area (Å²) in [5.74, 6) is 0. The second-order valence-corrected chi connectivity index (χ2v) is 4.06. The lowest BCUT2D eigenvalue weighted by Crippen LogP contribution is -2.29. The zero-order valence-electron chi connectivity index (χ0n) is 8.12. The fourth-order valence-electron chi connectivity index (χ4n) is 2.09. The minimum absolute atomic E-state index is 0.303. The molecule has 1 N–H and O–H groups in total. The molecule has 1 nitrogen and oxygen atoms in total. The minimum atomic E-state index is -1.21. The van der Waals surface area contributed by atoms with Gasteiger partial charge in [0.1, 0.15) is 5.67 Å². The van der Waals surface area contributed by atoms with Gasteiger partial charge in [-0.25, -0.2) is 4.39 Å². The lowest BCUT2D eigenvalue weighted by Gasteiger charge is -2.32. The SMILES string of the molecule is OC1CCC(F)(c2ccccc2)CC1. The van der Waals surface area contributed by atoms with Crippen molar-refractivity contribution in [3.8, 4) is 0 Å². The van der Waals surface area contributed by atoms with E-state index in [0.717, 1.165) is 5.56 Å². The third-order valence-corrected chi connectivity index (χ3v) is 3.04. The Hall–Kier alpha value is -0.890. The second-order valence-electron chi connectivity index (χ2n) is 4.06. The third kappa shape index (κ3) is 1.80. The van der Waals surface area contributed by atoms with Crippen molar-refractivity contribution < 1.29 is 9.50 Å². The van der Waals surface area contributed by atoms with Crippen LogP contribution < -0.4 is 0 Å². The molecule has 76 valence electrons. The van der Waals surface area contributed by atoms with E-state index in [0.29, 0.717) is 25.7 Å². The van der Waals surface area contributed by atoms with Gasteiger partial charge in [-0.2, -0.15) is 0 Å². The molecule has 0 spiro atoms. The molecule has 0 heterocycles. The van der Waals surface area contributed by atoms with Crippen LogP contribution >= 0.6 is 0 Å². The molecule has 0 aliphatic heterocycles.